The summed E-state index contributed by atoms with van der Waals surface area (Å²) in [5, 5.41) is 0. The summed E-state index contributed by atoms with van der Waals surface area (Å²) >= 11 is 0. The molecule has 0 heterocycles. The standard InChI is InChI=1S/C4H5NO2/c1-2-3(6)4(5)7/h2H2,1H3. The van der Waals surface area contributed by atoms with Crippen molar-refractivity contribution >= 4 is 11.7 Å². The Morgan fingerprint density at radius 3 is 2.00 bits per heavy atom. The Hall–Kier alpha value is -0.860. The monoisotopic (exact) mass is 99.0 g/mol. The first-order chi connectivity index (χ1) is 3.18. The quantitative estimate of drug-likeness (QED) is 0.440. The molecule has 0 aliphatic rings. The molecular formula is C4H5NO2. The molecule has 7 heavy (non-hydrogen) atoms. The minimum Gasteiger partial charge on any atom is -0.289 e. The maximum absolute atomic E-state index is 9.91. The summed E-state index contributed by atoms with van der Waals surface area (Å²) in [5.41, 5.74) is 7.83. The van der Waals surface area contributed by atoms with Crippen molar-refractivity contribution in [2.24, 2.45) is 0 Å². The Morgan fingerprint density at radius 2 is 2.00 bits per heavy atom. The molecular weight excluding hydrogens is 94.0 g/mol. The molecule has 0 atom stereocenters. The zero-order valence-electron chi connectivity index (χ0n) is 3.97. The van der Waals surface area contributed by atoms with E-state index < -0.39 is 11.7 Å². The molecule has 0 aliphatic carbocycles. The summed E-state index contributed by atoms with van der Waals surface area (Å²) in [6.45, 7) is 1.51. The molecule has 0 aliphatic heterocycles. The van der Waals surface area contributed by atoms with Crippen LogP contribution in [0.15, 0.2) is 0 Å². The Balaban J connectivity index is 3.58. The third kappa shape index (κ3) is 1.92. The second kappa shape index (κ2) is 2.34. The highest BCUT2D eigenvalue weighted by Crippen LogP contribution is 1.76. The van der Waals surface area contributed by atoms with E-state index in [0.717, 1.165) is 0 Å². The fourth-order valence-electron chi connectivity index (χ4n) is 0.151. The highest BCUT2D eigenvalue weighted by Gasteiger charge is 2.05. The molecule has 0 fully saturated rings. The Morgan fingerprint density at radius 1 is 1.57 bits per heavy atom. The molecule has 0 aromatic carbocycles. The van der Waals surface area contributed by atoms with Crippen LogP contribution in [0.25, 0.3) is 0 Å². The second-order valence-corrected chi connectivity index (χ2v) is 1.08. The molecule has 0 bridgehead atoms. The lowest BCUT2D eigenvalue weighted by Gasteiger charge is -1.78. The molecule has 0 aromatic rings. The van der Waals surface area contributed by atoms with Gasteiger partial charge in [-0.1, -0.05) is 12.7 Å². The van der Waals surface area contributed by atoms with Crippen molar-refractivity contribution in [3.63, 3.8) is 0 Å². The molecule has 3 nitrogen and oxygen atoms in total. The smallest absolute Gasteiger partial charge is 0.289 e. The molecule has 0 saturated carbocycles. The van der Waals surface area contributed by atoms with Crippen LogP contribution in [-0.4, -0.2) is 11.7 Å². The lowest BCUT2D eigenvalue weighted by Crippen LogP contribution is -2.11. The largest absolute Gasteiger partial charge is 0.331 e. The van der Waals surface area contributed by atoms with Gasteiger partial charge < -0.3 is 0 Å². The van der Waals surface area contributed by atoms with E-state index in [2.05, 4.69) is 0 Å². The van der Waals surface area contributed by atoms with Crippen molar-refractivity contribution in [2.75, 3.05) is 0 Å². The van der Waals surface area contributed by atoms with Gasteiger partial charge in [0.15, 0.2) is 0 Å². The summed E-state index contributed by atoms with van der Waals surface area (Å²) in [6.07, 6.45) is 0.0787. The molecule has 0 spiro atoms. The van der Waals surface area contributed by atoms with Crippen LogP contribution in [0.4, 0.5) is 0 Å². The van der Waals surface area contributed by atoms with E-state index in [1.54, 1.807) is 0 Å². The summed E-state index contributed by atoms with van der Waals surface area (Å²) in [4.78, 5) is 19.5. The predicted molar refractivity (Wildman–Crippen MR) is 22.4 cm³/mol. The van der Waals surface area contributed by atoms with Crippen LogP contribution < -0.4 is 5.73 Å². The van der Waals surface area contributed by atoms with Gasteiger partial charge in [0.05, 0.1) is 0 Å². The molecule has 3 heteroatoms. The number of amides is 1. The van der Waals surface area contributed by atoms with E-state index in [1.807, 2.05) is 0 Å². The van der Waals surface area contributed by atoms with Gasteiger partial charge in [0.1, 0.15) is 0 Å². The lowest BCUT2D eigenvalue weighted by atomic mass is 10.3. The highest BCUT2D eigenvalue weighted by molar-refractivity contribution is 6.35. The zero-order chi connectivity index (χ0) is 5.86. The first-order valence-electron chi connectivity index (χ1n) is 1.94. The van der Waals surface area contributed by atoms with E-state index in [-0.39, 0.29) is 6.42 Å². The fraction of sp³-hybridized carbons (Fsp3) is 0.500. The van der Waals surface area contributed by atoms with Gasteiger partial charge in [-0.15, -0.1) is 0 Å². The molecule has 38 valence electrons. The normalized spacial score (nSPS) is 8.14. The topological polar surface area (TPSA) is 56.4 Å². The van der Waals surface area contributed by atoms with E-state index in [0.29, 0.717) is 0 Å². The maximum Gasteiger partial charge on any atom is 0.331 e. The third-order valence-electron chi connectivity index (χ3n) is 0.560. The number of nitrogens with zero attached hydrogens (tertiary/aromatic N) is 1. The SMILES string of the molecule is CCC(=O)C([N])=O. The maximum atomic E-state index is 9.91. The van der Waals surface area contributed by atoms with Gasteiger partial charge in [-0.05, 0) is 0 Å². The minimum absolute atomic E-state index is 0.0787. The van der Waals surface area contributed by atoms with Crippen molar-refractivity contribution in [3.8, 4) is 0 Å². The zero-order valence-corrected chi connectivity index (χ0v) is 3.97. The number of hydrogen-bond donors (Lipinski definition) is 0. The summed E-state index contributed by atoms with van der Waals surface area (Å²) in [7, 11) is 0. The van der Waals surface area contributed by atoms with Gasteiger partial charge in [-0.3, -0.25) is 9.59 Å². The van der Waals surface area contributed by atoms with E-state index in [9.17, 15) is 9.59 Å². The van der Waals surface area contributed by atoms with Gasteiger partial charge in [0, 0.05) is 6.42 Å². The summed E-state index contributed by atoms with van der Waals surface area (Å²) in [5.74, 6) is -2.08. The molecule has 0 rings (SSSR count). The van der Waals surface area contributed by atoms with Crippen LogP contribution >= 0.6 is 0 Å². The Labute approximate surface area is 41.5 Å². The molecule has 2 radical (unpaired) electrons. The van der Waals surface area contributed by atoms with Crippen molar-refractivity contribution in [2.45, 2.75) is 13.3 Å². The average Bonchev–Trinajstić information content (AvgIpc) is 1.65. The Kier molecular flexibility index (Phi) is 2.05. The van der Waals surface area contributed by atoms with Gasteiger partial charge in [0.2, 0.25) is 5.78 Å². The molecule has 0 N–H and O–H groups in total. The van der Waals surface area contributed by atoms with E-state index in [4.69, 9.17) is 5.73 Å². The van der Waals surface area contributed by atoms with Crippen LogP contribution in [0, 0.1) is 0 Å². The van der Waals surface area contributed by atoms with Gasteiger partial charge in [-0.25, -0.2) is 0 Å². The van der Waals surface area contributed by atoms with Gasteiger partial charge in [0.25, 0.3) is 0 Å². The van der Waals surface area contributed by atoms with Crippen molar-refractivity contribution in [1.29, 1.82) is 0 Å². The first kappa shape index (κ1) is 6.14. The number of hydrogen-bond acceptors (Lipinski definition) is 2. The number of rotatable bonds is 2. The van der Waals surface area contributed by atoms with Crippen LogP contribution in [0.3, 0.4) is 0 Å². The minimum atomic E-state index is -1.34. The molecule has 0 unspecified atom stereocenters. The number of ketones is 1. The van der Waals surface area contributed by atoms with Crippen LogP contribution in [0.1, 0.15) is 13.3 Å². The van der Waals surface area contributed by atoms with Crippen LogP contribution in [0.2, 0.25) is 0 Å². The first-order valence-corrected chi connectivity index (χ1v) is 1.94. The summed E-state index contributed by atoms with van der Waals surface area (Å²) < 4.78 is 0. The second-order valence-electron chi connectivity index (χ2n) is 1.08. The molecule has 1 amide bonds. The van der Waals surface area contributed by atoms with Gasteiger partial charge >= 0.3 is 5.91 Å². The lowest BCUT2D eigenvalue weighted by molar-refractivity contribution is -0.136. The predicted octanol–water partition coefficient (Wildman–Crippen LogP) is -0.439. The number of carbonyl (C=O) groups excluding carboxylic acids is 2. The Bertz CT molecular complexity index is 97.9. The average molecular weight is 99.1 g/mol. The molecule has 0 aromatic heterocycles. The van der Waals surface area contributed by atoms with Crippen molar-refractivity contribution in [3.05, 3.63) is 0 Å². The van der Waals surface area contributed by atoms with E-state index in [1.165, 1.54) is 6.92 Å². The summed E-state index contributed by atoms with van der Waals surface area (Å²) in [6, 6.07) is 0. The van der Waals surface area contributed by atoms with Crippen molar-refractivity contribution in [1.82, 2.24) is 5.73 Å². The number of carbonyl (C=O) groups is 2. The van der Waals surface area contributed by atoms with Crippen LogP contribution in [0.5, 0.6) is 0 Å². The van der Waals surface area contributed by atoms with E-state index >= 15 is 0 Å². The number of Topliss-reactive ketones (excluding diaryl/α,β-unsaturated/α-hetero) is 1. The molecule has 0 saturated heterocycles. The van der Waals surface area contributed by atoms with Crippen LogP contribution in [-0.2, 0) is 9.59 Å². The third-order valence-corrected chi connectivity index (χ3v) is 0.560. The highest BCUT2D eigenvalue weighted by atomic mass is 16.2. The van der Waals surface area contributed by atoms with Gasteiger partial charge in [-0.2, -0.15) is 0 Å². The fourth-order valence-corrected chi connectivity index (χ4v) is 0.151. The van der Waals surface area contributed by atoms with Crippen molar-refractivity contribution < 1.29 is 9.59 Å².